The van der Waals surface area contributed by atoms with Gasteiger partial charge in [-0.2, -0.15) is 0 Å². The van der Waals surface area contributed by atoms with Crippen LogP contribution in [-0.4, -0.2) is 27.7 Å². The van der Waals surface area contributed by atoms with Crippen LogP contribution in [0.3, 0.4) is 0 Å². The number of nitro groups is 1. The Morgan fingerprint density at radius 3 is 2.68 bits per heavy atom. The fourth-order valence-corrected chi connectivity index (χ4v) is 2.79. The molecule has 7 nitrogen and oxygen atoms in total. The van der Waals surface area contributed by atoms with Gasteiger partial charge in [-0.3, -0.25) is 10.1 Å². The highest BCUT2D eigenvalue weighted by Crippen LogP contribution is 2.25. The molecule has 0 aliphatic rings. The highest BCUT2D eigenvalue weighted by molar-refractivity contribution is 5.75. The number of nitro benzene ring substituents is 1. The molecular weight excluding hydrogens is 322 g/mol. The molecule has 130 valence electrons. The van der Waals surface area contributed by atoms with Gasteiger partial charge in [0.15, 0.2) is 5.58 Å². The maximum absolute atomic E-state index is 10.9. The zero-order chi connectivity index (χ0) is 17.8. The number of aromatic nitrogens is 1. The van der Waals surface area contributed by atoms with Crippen LogP contribution in [0.25, 0.3) is 11.1 Å². The van der Waals surface area contributed by atoms with Crippen LogP contribution in [0, 0.1) is 10.1 Å². The summed E-state index contributed by atoms with van der Waals surface area (Å²) in [4.78, 5) is 16.8. The molecule has 3 aromatic rings. The number of rotatable bonds is 7. The van der Waals surface area contributed by atoms with E-state index in [-0.39, 0.29) is 18.3 Å². The summed E-state index contributed by atoms with van der Waals surface area (Å²) >= 11 is 0. The number of hydrogen-bond donors (Lipinski definition) is 1. The highest BCUT2D eigenvalue weighted by atomic mass is 16.6. The van der Waals surface area contributed by atoms with Crippen LogP contribution >= 0.6 is 0 Å². The number of non-ortho nitro benzene ring substituents is 1. The smallest absolute Gasteiger partial charge is 0.271 e. The molecule has 0 aliphatic carbocycles. The second-order valence-electron chi connectivity index (χ2n) is 5.72. The molecule has 1 unspecified atom stereocenters. The summed E-state index contributed by atoms with van der Waals surface area (Å²) in [5.74, 6) is 0.450. The summed E-state index contributed by atoms with van der Waals surface area (Å²) in [6.07, 6.45) is 0.761. The van der Waals surface area contributed by atoms with Gasteiger partial charge >= 0.3 is 0 Å². The first kappa shape index (κ1) is 16.9. The van der Waals surface area contributed by atoms with Gasteiger partial charge in [-0.25, -0.2) is 4.98 Å². The van der Waals surface area contributed by atoms with Crippen LogP contribution in [0.5, 0.6) is 0 Å². The Morgan fingerprint density at radius 2 is 2.04 bits per heavy atom. The fourth-order valence-electron chi connectivity index (χ4n) is 2.79. The van der Waals surface area contributed by atoms with E-state index in [4.69, 9.17) is 4.42 Å². The largest absolute Gasteiger partial charge is 0.439 e. The summed E-state index contributed by atoms with van der Waals surface area (Å²) in [6, 6.07) is 14.0. The Morgan fingerprint density at radius 1 is 1.28 bits per heavy atom. The number of anilines is 1. The number of benzene rings is 2. The number of hydrogen-bond acceptors (Lipinski definition) is 6. The predicted molar refractivity (Wildman–Crippen MR) is 94.5 cm³/mol. The van der Waals surface area contributed by atoms with Crippen LogP contribution in [0.4, 0.5) is 11.4 Å². The van der Waals surface area contributed by atoms with Crippen molar-refractivity contribution in [2.24, 2.45) is 0 Å². The molecule has 3 rings (SSSR count). The van der Waals surface area contributed by atoms with E-state index in [2.05, 4.69) is 4.98 Å². The molecule has 0 bridgehead atoms. The standard InChI is InChI=1S/C18H19N3O4/c1-2-13(12-22)20(14-6-4-3-5-7-14)11-18-19-16-10-15(21(23)24)8-9-17(16)25-18/h3-10,13,22H,2,11-12H2,1H3. The SMILES string of the molecule is CCC(CO)N(Cc1nc2cc([N+](=O)[O-])ccc2o1)c1ccccc1. The summed E-state index contributed by atoms with van der Waals surface area (Å²) in [5.41, 5.74) is 1.89. The van der Waals surface area contributed by atoms with Crippen molar-refractivity contribution in [1.29, 1.82) is 0 Å². The molecule has 7 heteroatoms. The first-order valence-electron chi connectivity index (χ1n) is 8.08. The Kier molecular flexibility index (Phi) is 4.95. The molecule has 1 N–H and O–H groups in total. The predicted octanol–water partition coefficient (Wildman–Crippen LogP) is 3.51. The van der Waals surface area contributed by atoms with Crippen molar-refractivity contribution in [3.63, 3.8) is 0 Å². The van der Waals surface area contributed by atoms with Gasteiger partial charge in [0.25, 0.3) is 5.69 Å². The first-order valence-corrected chi connectivity index (χ1v) is 8.08. The second-order valence-corrected chi connectivity index (χ2v) is 5.72. The van der Waals surface area contributed by atoms with Crippen molar-refractivity contribution in [3.8, 4) is 0 Å². The van der Waals surface area contributed by atoms with Crippen molar-refractivity contribution in [2.45, 2.75) is 25.9 Å². The number of aliphatic hydroxyl groups is 1. The van der Waals surface area contributed by atoms with Crippen molar-refractivity contribution in [1.82, 2.24) is 4.98 Å². The second kappa shape index (κ2) is 7.31. The monoisotopic (exact) mass is 341 g/mol. The molecule has 0 fully saturated rings. The van der Waals surface area contributed by atoms with E-state index in [1.807, 2.05) is 42.2 Å². The topological polar surface area (TPSA) is 92.6 Å². The van der Waals surface area contributed by atoms with Crippen molar-refractivity contribution >= 4 is 22.5 Å². The van der Waals surface area contributed by atoms with Gasteiger partial charge in [-0.1, -0.05) is 25.1 Å². The number of aliphatic hydroxyl groups excluding tert-OH is 1. The number of para-hydroxylation sites is 1. The van der Waals surface area contributed by atoms with E-state index >= 15 is 0 Å². The average Bonchev–Trinajstić information content (AvgIpc) is 3.04. The zero-order valence-electron chi connectivity index (χ0n) is 13.8. The Hall–Kier alpha value is -2.93. The van der Waals surface area contributed by atoms with Crippen LogP contribution in [0.2, 0.25) is 0 Å². The lowest BCUT2D eigenvalue weighted by molar-refractivity contribution is -0.384. The van der Waals surface area contributed by atoms with E-state index in [0.29, 0.717) is 23.5 Å². The maximum Gasteiger partial charge on any atom is 0.271 e. The third-order valence-corrected chi connectivity index (χ3v) is 4.14. The molecule has 0 amide bonds. The first-order chi connectivity index (χ1) is 12.1. The zero-order valence-corrected chi connectivity index (χ0v) is 13.8. The average molecular weight is 341 g/mol. The summed E-state index contributed by atoms with van der Waals surface area (Å²) in [5, 5.41) is 20.6. The third-order valence-electron chi connectivity index (χ3n) is 4.14. The van der Waals surface area contributed by atoms with Gasteiger partial charge in [-0.05, 0) is 24.6 Å². The van der Waals surface area contributed by atoms with Gasteiger partial charge in [0, 0.05) is 17.8 Å². The summed E-state index contributed by atoms with van der Waals surface area (Å²) < 4.78 is 5.74. The van der Waals surface area contributed by atoms with Crippen LogP contribution < -0.4 is 4.90 Å². The molecule has 25 heavy (non-hydrogen) atoms. The van der Waals surface area contributed by atoms with Crippen molar-refractivity contribution in [3.05, 3.63) is 64.5 Å². The van der Waals surface area contributed by atoms with Gasteiger partial charge < -0.3 is 14.4 Å². The molecule has 1 atom stereocenters. The van der Waals surface area contributed by atoms with E-state index in [1.165, 1.54) is 12.1 Å². The molecular formula is C18H19N3O4. The molecule has 0 spiro atoms. The molecule has 0 saturated heterocycles. The Balaban J connectivity index is 1.93. The summed E-state index contributed by atoms with van der Waals surface area (Å²) in [7, 11) is 0. The molecule has 1 aromatic heterocycles. The number of oxazole rings is 1. The van der Waals surface area contributed by atoms with E-state index in [9.17, 15) is 15.2 Å². The highest BCUT2D eigenvalue weighted by Gasteiger charge is 2.20. The third kappa shape index (κ3) is 3.61. The minimum Gasteiger partial charge on any atom is -0.439 e. The molecule has 0 aliphatic heterocycles. The van der Waals surface area contributed by atoms with Gasteiger partial charge in [0.2, 0.25) is 5.89 Å². The fraction of sp³-hybridized carbons (Fsp3) is 0.278. The molecule has 0 radical (unpaired) electrons. The van der Waals surface area contributed by atoms with Gasteiger partial charge in [0.1, 0.15) is 5.52 Å². The van der Waals surface area contributed by atoms with E-state index < -0.39 is 4.92 Å². The normalized spacial score (nSPS) is 12.2. The lowest BCUT2D eigenvalue weighted by Crippen LogP contribution is -2.37. The Labute approximate surface area is 144 Å². The minimum absolute atomic E-state index is 0.0110. The van der Waals surface area contributed by atoms with Crippen LogP contribution in [0.1, 0.15) is 19.2 Å². The quantitative estimate of drug-likeness (QED) is 0.522. The number of fused-ring (bicyclic) bond motifs is 1. The van der Waals surface area contributed by atoms with Crippen molar-refractivity contribution < 1.29 is 14.4 Å². The van der Waals surface area contributed by atoms with Crippen LogP contribution in [0.15, 0.2) is 52.9 Å². The van der Waals surface area contributed by atoms with Gasteiger partial charge in [-0.15, -0.1) is 0 Å². The van der Waals surface area contributed by atoms with Crippen LogP contribution in [-0.2, 0) is 6.54 Å². The lowest BCUT2D eigenvalue weighted by Gasteiger charge is -2.30. The Bertz CT molecular complexity index is 859. The van der Waals surface area contributed by atoms with Crippen molar-refractivity contribution in [2.75, 3.05) is 11.5 Å². The maximum atomic E-state index is 10.9. The minimum atomic E-state index is -0.455. The molecule has 0 saturated carbocycles. The number of nitrogens with zero attached hydrogens (tertiary/aromatic N) is 3. The van der Waals surface area contributed by atoms with E-state index in [1.54, 1.807) is 6.07 Å². The lowest BCUT2D eigenvalue weighted by atomic mass is 10.1. The summed E-state index contributed by atoms with van der Waals surface area (Å²) in [6.45, 7) is 2.38. The molecule has 1 heterocycles. The van der Waals surface area contributed by atoms with Gasteiger partial charge in [0.05, 0.1) is 24.1 Å². The molecule has 2 aromatic carbocycles. The van der Waals surface area contributed by atoms with E-state index in [0.717, 1.165) is 12.1 Å².